The zero-order valence-electron chi connectivity index (χ0n) is 14.0. The molecular weight excluding hydrogens is 341 g/mol. The number of halogens is 1. The first-order valence-corrected chi connectivity index (χ1v) is 8.06. The van der Waals surface area contributed by atoms with Crippen LogP contribution < -0.4 is 15.0 Å². The maximum Gasteiger partial charge on any atom is 0.318 e. The molecule has 1 aliphatic rings. The molecule has 1 aliphatic heterocycles. The van der Waals surface area contributed by atoms with E-state index in [1.165, 1.54) is 24.0 Å². The van der Waals surface area contributed by atoms with E-state index in [2.05, 4.69) is 25.4 Å². The first-order chi connectivity index (χ1) is 12.6. The minimum absolute atomic E-state index is 0.149. The summed E-state index contributed by atoms with van der Waals surface area (Å²) >= 11 is 0. The van der Waals surface area contributed by atoms with Crippen LogP contribution in [0.2, 0.25) is 0 Å². The number of rotatable bonds is 4. The zero-order chi connectivity index (χ0) is 18.1. The Bertz CT molecular complexity index is 961. The molecule has 1 atom stereocenters. The number of fused-ring (bicyclic) bond motifs is 1. The average Bonchev–Trinajstić information content (AvgIpc) is 3.27. The summed E-state index contributed by atoms with van der Waals surface area (Å²) in [6.07, 6.45) is 2.53. The van der Waals surface area contributed by atoms with Crippen LogP contribution in [0.3, 0.4) is 0 Å². The van der Waals surface area contributed by atoms with E-state index < -0.39 is 12.1 Å². The first kappa shape index (κ1) is 16.2. The average molecular weight is 357 g/mol. The fraction of sp³-hybridized carbons (Fsp3) is 0.312. The highest BCUT2D eigenvalue weighted by Gasteiger charge is 2.24. The molecule has 0 bridgehead atoms. The van der Waals surface area contributed by atoms with Crippen molar-refractivity contribution in [2.75, 3.05) is 30.4 Å². The normalized spacial score (nSPS) is 16.8. The summed E-state index contributed by atoms with van der Waals surface area (Å²) in [5, 5.41) is 7.11. The van der Waals surface area contributed by atoms with Gasteiger partial charge in [0.2, 0.25) is 0 Å². The molecule has 0 radical (unpaired) electrons. The topological polar surface area (TPSA) is 97.5 Å². The van der Waals surface area contributed by atoms with Crippen molar-refractivity contribution in [3.63, 3.8) is 0 Å². The number of methoxy groups -OCH3 is 1. The number of nitrogens with zero attached hydrogens (tertiary/aromatic N) is 6. The molecular formula is C16H16FN7O2. The molecule has 0 aliphatic carbocycles. The van der Waals surface area contributed by atoms with Crippen LogP contribution in [0.15, 0.2) is 30.6 Å². The highest BCUT2D eigenvalue weighted by molar-refractivity contribution is 6.02. The van der Waals surface area contributed by atoms with Crippen molar-refractivity contribution in [2.45, 2.75) is 12.6 Å². The SMILES string of the molecule is COc1nccc(NC(=O)c2cnc3ccc(N4CC[C@H](F)C4)nn23)n1. The van der Waals surface area contributed by atoms with Gasteiger partial charge < -0.3 is 15.0 Å². The number of hydrogen-bond acceptors (Lipinski definition) is 7. The lowest BCUT2D eigenvalue weighted by molar-refractivity contribution is 0.102. The van der Waals surface area contributed by atoms with Crippen LogP contribution in [0.25, 0.3) is 5.65 Å². The lowest BCUT2D eigenvalue weighted by Gasteiger charge is -2.16. The van der Waals surface area contributed by atoms with Gasteiger partial charge in [-0.2, -0.15) is 4.98 Å². The number of carbonyl (C=O) groups excluding carboxylic acids is 1. The fourth-order valence-corrected chi connectivity index (χ4v) is 2.80. The third-order valence-corrected chi connectivity index (χ3v) is 4.09. The molecule has 0 spiro atoms. The fourth-order valence-electron chi connectivity index (χ4n) is 2.80. The number of hydrogen-bond donors (Lipinski definition) is 1. The molecule has 134 valence electrons. The van der Waals surface area contributed by atoms with Crippen molar-refractivity contribution >= 4 is 23.2 Å². The molecule has 1 amide bonds. The Morgan fingerprint density at radius 3 is 3.00 bits per heavy atom. The number of amides is 1. The second-order valence-electron chi connectivity index (χ2n) is 5.82. The van der Waals surface area contributed by atoms with E-state index in [-0.39, 0.29) is 11.7 Å². The summed E-state index contributed by atoms with van der Waals surface area (Å²) in [5.74, 6) is 0.480. The predicted octanol–water partition coefficient (Wildman–Crippen LogP) is 1.33. The highest BCUT2D eigenvalue weighted by Crippen LogP contribution is 2.20. The molecule has 0 saturated carbocycles. The molecule has 0 aromatic carbocycles. The molecule has 4 heterocycles. The van der Waals surface area contributed by atoms with E-state index in [1.807, 2.05) is 4.90 Å². The van der Waals surface area contributed by atoms with Gasteiger partial charge in [-0.25, -0.2) is 18.9 Å². The molecule has 9 nitrogen and oxygen atoms in total. The predicted molar refractivity (Wildman–Crippen MR) is 91.3 cm³/mol. The number of nitrogens with one attached hydrogen (secondary N) is 1. The van der Waals surface area contributed by atoms with Crippen LogP contribution in [-0.2, 0) is 0 Å². The number of aromatic nitrogens is 5. The molecule has 4 rings (SSSR count). The standard InChI is InChI=1S/C16H16FN7O2/c1-26-16-18-6-4-12(21-16)20-15(25)11-8-19-13-2-3-14(22-24(11)13)23-7-5-10(17)9-23/h2-4,6,8,10H,5,7,9H2,1H3,(H,18,20,21,25)/t10-/m0/s1. The van der Waals surface area contributed by atoms with E-state index in [9.17, 15) is 9.18 Å². The van der Waals surface area contributed by atoms with Gasteiger partial charge in [0.05, 0.1) is 19.9 Å². The lowest BCUT2D eigenvalue weighted by Crippen LogP contribution is -2.23. The quantitative estimate of drug-likeness (QED) is 0.752. The van der Waals surface area contributed by atoms with Crippen molar-refractivity contribution in [2.24, 2.45) is 0 Å². The summed E-state index contributed by atoms with van der Waals surface area (Å²) in [5.41, 5.74) is 0.769. The monoisotopic (exact) mass is 357 g/mol. The molecule has 1 fully saturated rings. The van der Waals surface area contributed by atoms with Crippen molar-refractivity contribution in [3.05, 3.63) is 36.3 Å². The zero-order valence-corrected chi connectivity index (χ0v) is 14.0. The lowest BCUT2D eigenvalue weighted by atomic mass is 10.3. The third kappa shape index (κ3) is 3.01. The van der Waals surface area contributed by atoms with Crippen molar-refractivity contribution in [3.8, 4) is 6.01 Å². The number of carbonyl (C=O) groups is 1. The maximum atomic E-state index is 13.4. The minimum Gasteiger partial charge on any atom is -0.467 e. The van der Waals surface area contributed by atoms with Crippen LogP contribution in [-0.4, -0.2) is 56.8 Å². The molecule has 1 N–H and O–H groups in total. The van der Waals surface area contributed by atoms with Gasteiger partial charge in [0.15, 0.2) is 11.3 Å². The van der Waals surface area contributed by atoms with Gasteiger partial charge >= 0.3 is 6.01 Å². The van der Waals surface area contributed by atoms with Crippen LogP contribution in [0.5, 0.6) is 6.01 Å². The molecule has 3 aromatic heterocycles. The van der Waals surface area contributed by atoms with Crippen LogP contribution >= 0.6 is 0 Å². The summed E-state index contributed by atoms with van der Waals surface area (Å²) in [4.78, 5) is 26.6. The van der Waals surface area contributed by atoms with Crippen molar-refractivity contribution < 1.29 is 13.9 Å². The maximum absolute atomic E-state index is 13.4. The largest absolute Gasteiger partial charge is 0.467 e. The molecule has 10 heteroatoms. The van der Waals surface area contributed by atoms with E-state index in [0.717, 1.165) is 0 Å². The smallest absolute Gasteiger partial charge is 0.318 e. The summed E-state index contributed by atoms with van der Waals surface area (Å²) in [6, 6.07) is 5.22. The Balaban J connectivity index is 1.62. The second-order valence-corrected chi connectivity index (χ2v) is 5.82. The van der Waals surface area contributed by atoms with Crippen LogP contribution in [0.4, 0.5) is 16.0 Å². The van der Waals surface area contributed by atoms with Crippen molar-refractivity contribution in [1.82, 2.24) is 24.6 Å². The number of ether oxygens (including phenoxy) is 1. The Labute approximate surface area is 147 Å². The van der Waals surface area contributed by atoms with Gasteiger partial charge in [-0.15, -0.1) is 5.10 Å². The van der Waals surface area contributed by atoms with Gasteiger partial charge in [-0.3, -0.25) is 4.79 Å². The Hall–Kier alpha value is -3.30. The second kappa shape index (κ2) is 6.54. The molecule has 1 saturated heterocycles. The van der Waals surface area contributed by atoms with Gasteiger partial charge in [0, 0.05) is 12.7 Å². The van der Waals surface area contributed by atoms with Gasteiger partial charge in [-0.1, -0.05) is 0 Å². The highest BCUT2D eigenvalue weighted by atomic mass is 19.1. The third-order valence-electron chi connectivity index (χ3n) is 4.09. The van der Waals surface area contributed by atoms with E-state index in [0.29, 0.717) is 36.8 Å². The van der Waals surface area contributed by atoms with Crippen molar-refractivity contribution in [1.29, 1.82) is 0 Å². The summed E-state index contributed by atoms with van der Waals surface area (Å²) < 4.78 is 19.8. The van der Waals surface area contributed by atoms with Gasteiger partial charge in [-0.05, 0) is 24.6 Å². The Morgan fingerprint density at radius 1 is 1.35 bits per heavy atom. The number of imidazole rings is 1. The Morgan fingerprint density at radius 2 is 2.23 bits per heavy atom. The van der Waals surface area contributed by atoms with Gasteiger partial charge in [0.1, 0.15) is 17.8 Å². The van der Waals surface area contributed by atoms with Gasteiger partial charge in [0.25, 0.3) is 5.91 Å². The van der Waals surface area contributed by atoms with E-state index in [1.54, 1.807) is 18.2 Å². The molecule has 0 unspecified atom stereocenters. The van der Waals surface area contributed by atoms with E-state index >= 15 is 0 Å². The number of anilines is 2. The van der Waals surface area contributed by atoms with E-state index in [4.69, 9.17) is 4.74 Å². The molecule has 26 heavy (non-hydrogen) atoms. The Kier molecular flexibility index (Phi) is 4.07. The summed E-state index contributed by atoms with van der Waals surface area (Å²) in [7, 11) is 1.44. The molecule has 3 aromatic rings. The minimum atomic E-state index is -0.856. The van der Waals surface area contributed by atoms with Crippen LogP contribution in [0.1, 0.15) is 16.9 Å². The van der Waals surface area contributed by atoms with Crippen LogP contribution in [0, 0.1) is 0 Å². The number of alkyl halides is 1. The summed E-state index contributed by atoms with van der Waals surface area (Å²) in [6.45, 7) is 0.895. The first-order valence-electron chi connectivity index (χ1n) is 8.06.